The largest absolute Gasteiger partial charge is 0.339 e. The molecule has 2 nitrogen and oxygen atoms in total. The van der Waals surface area contributed by atoms with Crippen LogP contribution in [0.1, 0.15) is 40.7 Å². The maximum atomic E-state index is 12.5. The third-order valence-corrected chi connectivity index (χ3v) is 3.81. The van der Waals surface area contributed by atoms with Gasteiger partial charge >= 0.3 is 0 Å². The molecule has 17 heavy (non-hydrogen) atoms. The predicted molar refractivity (Wildman–Crippen MR) is 73.4 cm³/mol. The summed E-state index contributed by atoms with van der Waals surface area (Å²) in [7, 11) is 0. The minimum Gasteiger partial charge on any atom is -0.339 e. The van der Waals surface area contributed by atoms with Crippen molar-refractivity contribution in [2.75, 3.05) is 13.1 Å². The monoisotopic (exact) mass is 295 g/mol. The number of benzene rings is 1. The molecule has 3 heteroatoms. The number of amides is 1. The fourth-order valence-electron chi connectivity index (χ4n) is 2.50. The van der Waals surface area contributed by atoms with Gasteiger partial charge in [0.15, 0.2) is 0 Å². The van der Waals surface area contributed by atoms with Gasteiger partial charge in [0.1, 0.15) is 0 Å². The van der Waals surface area contributed by atoms with Gasteiger partial charge in [0.2, 0.25) is 0 Å². The zero-order chi connectivity index (χ0) is 12.4. The van der Waals surface area contributed by atoms with Gasteiger partial charge in [-0.05, 0) is 56.4 Å². The molecule has 0 aliphatic carbocycles. The van der Waals surface area contributed by atoms with Gasteiger partial charge in [-0.25, -0.2) is 0 Å². The highest BCUT2D eigenvalue weighted by Crippen LogP contribution is 2.23. The Morgan fingerprint density at radius 3 is 2.18 bits per heavy atom. The van der Waals surface area contributed by atoms with Crippen LogP contribution >= 0.6 is 15.9 Å². The van der Waals surface area contributed by atoms with Crippen LogP contribution in [-0.2, 0) is 0 Å². The average molecular weight is 296 g/mol. The van der Waals surface area contributed by atoms with E-state index in [4.69, 9.17) is 0 Å². The molecular formula is C14H18BrNO. The molecule has 0 spiro atoms. The topological polar surface area (TPSA) is 20.3 Å². The van der Waals surface area contributed by atoms with Crippen molar-refractivity contribution in [1.82, 2.24) is 4.90 Å². The molecule has 1 saturated heterocycles. The second kappa shape index (κ2) is 5.21. The zero-order valence-electron chi connectivity index (χ0n) is 10.4. The normalized spacial score (nSPS) is 16.1. The lowest BCUT2D eigenvalue weighted by atomic mass is 10.0. The van der Waals surface area contributed by atoms with E-state index in [1.807, 2.05) is 30.9 Å². The average Bonchev–Trinajstić information content (AvgIpc) is 2.28. The molecule has 1 aliphatic rings. The van der Waals surface area contributed by atoms with E-state index in [0.29, 0.717) is 0 Å². The highest BCUT2D eigenvalue weighted by molar-refractivity contribution is 9.10. The fourth-order valence-corrected chi connectivity index (χ4v) is 3.19. The zero-order valence-corrected chi connectivity index (χ0v) is 12.0. The number of likely N-dealkylation sites (tertiary alicyclic amines) is 1. The number of rotatable bonds is 1. The van der Waals surface area contributed by atoms with Crippen LogP contribution in [0.25, 0.3) is 0 Å². The molecule has 1 amide bonds. The molecule has 1 fully saturated rings. The minimum absolute atomic E-state index is 0.201. The van der Waals surface area contributed by atoms with Crippen LogP contribution in [-0.4, -0.2) is 23.9 Å². The first kappa shape index (κ1) is 12.6. The smallest absolute Gasteiger partial charge is 0.254 e. The Hall–Kier alpha value is -0.830. The Kier molecular flexibility index (Phi) is 3.87. The van der Waals surface area contributed by atoms with Gasteiger partial charge < -0.3 is 4.90 Å². The lowest BCUT2D eigenvalue weighted by Crippen LogP contribution is -2.36. The first-order valence-corrected chi connectivity index (χ1v) is 6.95. The summed E-state index contributed by atoms with van der Waals surface area (Å²) in [6.45, 7) is 5.84. The summed E-state index contributed by atoms with van der Waals surface area (Å²) in [6.07, 6.45) is 3.53. The molecule has 0 N–H and O–H groups in total. The number of halogens is 1. The molecule has 1 heterocycles. The van der Waals surface area contributed by atoms with E-state index in [2.05, 4.69) is 15.9 Å². The lowest BCUT2D eigenvalue weighted by molar-refractivity contribution is 0.0723. The summed E-state index contributed by atoms with van der Waals surface area (Å²) in [4.78, 5) is 14.5. The number of carbonyl (C=O) groups is 1. The van der Waals surface area contributed by atoms with E-state index in [0.717, 1.165) is 47.1 Å². The van der Waals surface area contributed by atoms with Crippen molar-refractivity contribution in [1.29, 1.82) is 0 Å². The Bertz CT molecular complexity index is 413. The standard InChI is InChI=1S/C14H18BrNO/c1-10-8-12(15)9-11(2)13(10)14(17)16-6-4-3-5-7-16/h8-9H,3-7H2,1-2H3. The lowest BCUT2D eigenvalue weighted by Gasteiger charge is -2.28. The molecule has 0 bridgehead atoms. The summed E-state index contributed by atoms with van der Waals surface area (Å²) < 4.78 is 1.04. The number of aryl methyl sites for hydroxylation is 2. The Labute approximate surface area is 111 Å². The Morgan fingerprint density at radius 1 is 1.12 bits per heavy atom. The Morgan fingerprint density at radius 2 is 1.65 bits per heavy atom. The van der Waals surface area contributed by atoms with Crippen LogP contribution in [0.3, 0.4) is 0 Å². The second-order valence-corrected chi connectivity index (χ2v) is 5.68. The van der Waals surface area contributed by atoms with Crippen molar-refractivity contribution in [2.24, 2.45) is 0 Å². The minimum atomic E-state index is 0.201. The van der Waals surface area contributed by atoms with E-state index < -0.39 is 0 Å². The predicted octanol–water partition coefficient (Wildman–Crippen LogP) is 3.69. The van der Waals surface area contributed by atoms with Crippen LogP contribution in [0.15, 0.2) is 16.6 Å². The van der Waals surface area contributed by atoms with Crippen molar-refractivity contribution >= 4 is 21.8 Å². The second-order valence-electron chi connectivity index (χ2n) is 4.77. The summed E-state index contributed by atoms with van der Waals surface area (Å²) >= 11 is 3.47. The van der Waals surface area contributed by atoms with Gasteiger partial charge in [-0.1, -0.05) is 15.9 Å². The van der Waals surface area contributed by atoms with Crippen molar-refractivity contribution in [3.63, 3.8) is 0 Å². The molecule has 1 aromatic rings. The van der Waals surface area contributed by atoms with Crippen molar-refractivity contribution < 1.29 is 4.79 Å². The van der Waals surface area contributed by atoms with Gasteiger partial charge in [0.25, 0.3) is 5.91 Å². The van der Waals surface area contributed by atoms with E-state index in [9.17, 15) is 4.79 Å². The highest BCUT2D eigenvalue weighted by Gasteiger charge is 2.21. The molecule has 1 aromatic carbocycles. The molecule has 0 saturated carbocycles. The first-order chi connectivity index (χ1) is 8.09. The molecule has 0 radical (unpaired) electrons. The number of hydrogen-bond donors (Lipinski definition) is 0. The molecule has 92 valence electrons. The molecule has 0 aromatic heterocycles. The van der Waals surface area contributed by atoms with E-state index in [1.165, 1.54) is 6.42 Å². The number of carbonyl (C=O) groups excluding carboxylic acids is 1. The maximum Gasteiger partial charge on any atom is 0.254 e. The molecular weight excluding hydrogens is 278 g/mol. The van der Waals surface area contributed by atoms with Crippen LogP contribution in [0.2, 0.25) is 0 Å². The van der Waals surface area contributed by atoms with Crippen molar-refractivity contribution in [2.45, 2.75) is 33.1 Å². The van der Waals surface area contributed by atoms with E-state index in [-0.39, 0.29) is 5.91 Å². The fraction of sp³-hybridized carbons (Fsp3) is 0.500. The highest BCUT2D eigenvalue weighted by atomic mass is 79.9. The molecule has 2 rings (SSSR count). The van der Waals surface area contributed by atoms with Crippen LogP contribution in [0.4, 0.5) is 0 Å². The Balaban J connectivity index is 2.30. The summed E-state index contributed by atoms with van der Waals surface area (Å²) in [5, 5.41) is 0. The van der Waals surface area contributed by atoms with E-state index in [1.54, 1.807) is 0 Å². The van der Waals surface area contributed by atoms with Crippen LogP contribution in [0, 0.1) is 13.8 Å². The third kappa shape index (κ3) is 2.71. The number of piperidine rings is 1. The van der Waals surface area contributed by atoms with Gasteiger partial charge in [-0.2, -0.15) is 0 Å². The van der Waals surface area contributed by atoms with E-state index >= 15 is 0 Å². The number of nitrogens with zero attached hydrogens (tertiary/aromatic N) is 1. The van der Waals surface area contributed by atoms with Crippen molar-refractivity contribution in [3.8, 4) is 0 Å². The van der Waals surface area contributed by atoms with Crippen LogP contribution in [0.5, 0.6) is 0 Å². The first-order valence-electron chi connectivity index (χ1n) is 6.15. The summed E-state index contributed by atoms with van der Waals surface area (Å²) in [6, 6.07) is 4.04. The molecule has 0 atom stereocenters. The quantitative estimate of drug-likeness (QED) is 0.774. The van der Waals surface area contributed by atoms with Gasteiger partial charge in [0.05, 0.1) is 0 Å². The molecule has 0 unspecified atom stereocenters. The van der Waals surface area contributed by atoms with Gasteiger partial charge in [-0.15, -0.1) is 0 Å². The van der Waals surface area contributed by atoms with Gasteiger partial charge in [0, 0.05) is 23.1 Å². The SMILES string of the molecule is Cc1cc(Br)cc(C)c1C(=O)N1CCCCC1. The number of hydrogen-bond acceptors (Lipinski definition) is 1. The van der Waals surface area contributed by atoms with Gasteiger partial charge in [-0.3, -0.25) is 4.79 Å². The van der Waals surface area contributed by atoms with Crippen LogP contribution < -0.4 is 0 Å². The summed E-state index contributed by atoms with van der Waals surface area (Å²) in [5.74, 6) is 0.201. The molecule has 1 aliphatic heterocycles. The summed E-state index contributed by atoms with van der Waals surface area (Å²) in [5.41, 5.74) is 3.01. The third-order valence-electron chi connectivity index (χ3n) is 3.35. The maximum absolute atomic E-state index is 12.5. The van der Waals surface area contributed by atoms with Crippen molar-refractivity contribution in [3.05, 3.63) is 33.3 Å².